The highest BCUT2D eigenvalue weighted by atomic mass is 32.2. The zero-order chi connectivity index (χ0) is 19.8. The first-order valence-corrected chi connectivity index (χ1v) is 10.4. The molecule has 2 aromatic carbocycles. The second kappa shape index (κ2) is 10.2. The van der Waals surface area contributed by atoms with Gasteiger partial charge in [-0.2, -0.15) is 0 Å². The van der Waals surface area contributed by atoms with E-state index in [1.54, 1.807) is 7.11 Å². The van der Waals surface area contributed by atoms with E-state index in [-0.39, 0.29) is 16.4 Å². The quantitative estimate of drug-likeness (QED) is 0.585. The van der Waals surface area contributed by atoms with Gasteiger partial charge in [0.15, 0.2) is 0 Å². The maximum absolute atomic E-state index is 11.5. The lowest BCUT2D eigenvalue weighted by Crippen LogP contribution is -2.24. The molecule has 2 aromatic rings. The zero-order valence-corrected chi connectivity index (χ0v) is 16.8. The Hall–Kier alpha value is -2.47. The number of imide groups is 1. The van der Waals surface area contributed by atoms with Crippen molar-refractivity contribution in [2.24, 2.45) is 0 Å². The summed E-state index contributed by atoms with van der Waals surface area (Å²) in [5.41, 5.74) is 2.34. The van der Waals surface area contributed by atoms with Gasteiger partial charge < -0.3 is 9.47 Å². The van der Waals surface area contributed by atoms with Crippen LogP contribution in [0.1, 0.15) is 36.8 Å². The third-order valence-corrected chi connectivity index (χ3v) is 5.71. The van der Waals surface area contributed by atoms with E-state index in [0.29, 0.717) is 6.61 Å². The van der Waals surface area contributed by atoms with Crippen molar-refractivity contribution >= 4 is 22.9 Å². The van der Waals surface area contributed by atoms with Crippen molar-refractivity contribution in [1.82, 2.24) is 5.32 Å². The van der Waals surface area contributed by atoms with Crippen molar-refractivity contribution in [3.63, 3.8) is 0 Å². The van der Waals surface area contributed by atoms with Gasteiger partial charge in [0.2, 0.25) is 5.91 Å². The maximum Gasteiger partial charge on any atom is 0.286 e. The molecule has 0 radical (unpaired) electrons. The van der Waals surface area contributed by atoms with E-state index in [9.17, 15) is 9.59 Å². The minimum absolute atomic E-state index is 0.139. The summed E-state index contributed by atoms with van der Waals surface area (Å²) in [6, 6.07) is 16.1. The lowest BCUT2D eigenvalue weighted by atomic mass is 10.1. The van der Waals surface area contributed by atoms with Crippen molar-refractivity contribution in [2.45, 2.75) is 44.0 Å². The number of carbonyl (C=O) groups is 2. The number of amides is 2. The van der Waals surface area contributed by atoms with Crippen LogP contribution in [0.2, 0.25) is 0 Å². The first-order chi connectivity index (χ1) is 13.6. The number of nitrogens with one attached hydrogen (secondary N) is 1. The van der Waals surface area contributed by atoms with E-state index >= 15 is 0 Å². The number of rotatable bonds is 10. The fourth-order valence-corrected chi connectivity index (χ4v) is 3.97. The van der Waals surface area contributed by atoms with Gasteiger partial charge in [0.05, 0.1) is 12.4 Å². The Labute approximate surface area is 169 Å². The molecule has 1 fully saturated rings. The second-order valence-electron chi connectivity index (χ2n) is 6.77. The van der Waals surface area contributed by atoms with E-state index in [1.165, 1.54) is 5.56 Å². The maximum atomic E-state index is 11.5. The predicted octanol–water partition coefficient (Wildman–Crippen LogP) is 4.73. The molecule has 0 aliphatic carbocycles. The Morgan fingerprint density at radius 3 is 2.50 bits per heavy atom. The largest absolute Gasteiger partial charge is 0.497 e. The minimum Gasteiger partial charge on any atom is -0.497 e. The summed E-state index contributed by atoms with van der Waals surface area (Å²) in [4.78, 5) is 22.6. The van der Waals surface area contributed by atoms with Crippen LogP contribution in [0, 0.1) is 0 Å². The van der Waals surface area contributed by atoms with Crippen LogP contribution in [-0.4, -0.2) is 23.5 Å². The molecule has 6 heteroatoms. The predicted molar refractivity (Wildman–Crippen MR) is 111 cm³/mol. The summed E-state index contributed by atoms with van der Waals surface area (Å²) >= 11 is 1.11. The first-order valence-electron chi connectivity index (χ1n) is 9.50. The van der Waals surface area contributed by atoms with Crippen LogP contribution < -0.4 is 14.8 Å². The van der Waals surface area contributed by atoms with Crippen LogP contribution in [-0.2, 0) is 17.8 Å². The molecule has 5 nitrogen and oxygen atoms in total. The number of ether oxygens (including phenoxy) is 2. The molecule has 0 aromatic heterocycles. The van der Waals surface area contributed by atoms with Gasteiger partial charge >= 0.3 is 0 Å². The van der Waals surface area contributed by atoms with Gasteiger partial charge in [0.25, 0.3) is 5.24 Å². The van der Waals surface area contributed by atoms with Crippen molar-refractivity contribution in [3.05, 3.63) is 59.7 Å². The summed E-state index contributed by atoms with van der Waals surface area (Å²) in [7, 11) is 1.66. The topological polar surface area (TPSA) is 64.6 Å². The SMILES string of the molecule is COc1cccc(COc2ccc(CCCCCC3SC(=O)NC3=O)cc2)c1. The van der Waals surface area contributed by atoms with Crippen molar-refractivity contribution in [2.75, 3.05) is 7.11 Å². The molecule has 0 spiro atoms. The molecule has 148 valence electrons. The highest BCUT2D eigenvalue weighted by Crippen LogP contribution is 2.24. The summed E-state index contributed by atoms with van der Waals surface area (Å²) < 4.78 is 11.1. The minimum atomic E-state index is -0.219. The molecule has 0 saturated carbocycles. The van der Waals surface area contributed by atoms with Crippen LogP contribution in [0.3, 0.4) is 0 Å². The Morgan fingerprint density at radius 1 is 0.964 bits per heavy atom. The zero-order valence-electron chi connectivity index (χ0n) is 16.0. The smallest absolute Gasteiger partial charge is 0.286 e. The van der Waals surface area contributed by atoms with Crippen molar-refractivity contribution < 1.29 is 19.1 Å². The fourth-order valence-electron chi connectivity index (χ4n) is 3.10. The van der Waals surface area contributed by atoms with Crippen LogP contribution in [0.15, 0.2) is 48.5 Å². The lowest BCUT2D eigenvalue weighted by molar-refractivity contribution is -0.119. The number of benzene rings is 2. The van der Waals surface area contributed by atoms with Gasteiger partial charge in [0.1, 0.15) is 18.1 Å². The molecule has 3 rings (SSSR count). The number of unbranched alkanes of at least 4 members (excludes halogenated alkanes) is 2. The highest BCUT2D eigenvalue weighted by Gasteiger charge is 2.30. The van der Waals surface area contributed by atoms with Gasteiger partial charge in [-0.3, -0.25) is 14.9 Å². The highest BCUT2D eigenvalue weighted by molar-refractivity contribution is 8.15. The number of methoxy groups -OCH3 is 1. The van der Waals surface area contributed by atoms with Crippen LogP contribution >= 0.6 is 11.8 Å². The second-order valence-corrected chi connectivity index (χ2v) is 7.94. The van der Waals surface area contributed by atoms with E-state index in [0.717, 1.165) is 60.9 Å². The molecule has 1 heterocycles. The van der Waals surface area contributed by atoms with Gasteiger partial charge in [-0.05, 0) is 54.7 Å². The van der Waals surface area contributed by atoms with E-state index in [4.69, 9.17) is 9.47 Å². The number of hydrogen-bond acceptors (Lipinski definition) is 5. The number of thioether (sulfide) groups is 1. The van der Waals surface area contributed by atoms with Gasteiger partial charge in [-0.25, -0.2) is 0 Å². The van der Waals surface area contributed by atoms with Gasteiger partial charge in [-0.15, -0.1) is 0 Å². The average molecular weight is 400 g/mol. The molecule has 1 aliphatic rings. The Morgan fingerprint density at radius 2 is 1.79 bits per heavy atom. The Balaban J connectivity index is 1.35. The Bertz CT molecular complexity index is 806. The molecular formula is C22H25NO4S. The lowest BCUT2D eigenvalue weighted by Gasteiger charge is -2.09. The normalized spacial score (nSPS) is 16.1. The molecule has 1 atom stereocenters. The molecular weight excluding hydrogens is 374 g/mol. The fraction of sp³-hybridized carbons (Fsp3) is 0.364. The summed E-state index contributed by atoms with van der Waals surface area (Å²) in [6.07, 6.45) is 4.84. The molecule has 1 saturated heterocycles. The molecule has 0 bridgehead atoms. The molecule has 28 heavy (non-hydrogen) atoms. The summed E-state index contributed by atoms with van der Waals surface area (Å²) in [5.74, 6) is 1.54. The van der Waals surface area contributed by atoms with Crippen LogP contribution in [0.25, 0.3) is 0 Å². The van der Waals surface area contributed by atoms with E-state index < -0.39 is 0 Å². The van der Waals surface area contributed by atoms with Crippen LogP contribution in [0.4, 0.5) is 4.79 Å². The Kier molecular flexibility index (Phi) is 7.37. The molecule has 2 amide bonds. The first kappa shape index (κ1) is 20.3. The molecule has 1 N–H and O–H groups in total. The van der Waals surface area contributed by atoms with E-state index in [1.807, 2.05) is 36.4 Å². The number of hydrogen-bond donors (Lipinski definition) is 1. The standard InChI is InChI=1S/C22H25NO4S/c1-26-19-8-5-7-17(14-19)15-27-18-12-10-16(11-13-18)6-3-2-4-9-20-21(24)23-22(25)28-20/h5,7-8,10-14,20H,2-4,6,9,15H2,1H3,(H,23,24,25). The van der Waals surface area contributed by atoms with Gasteiger partial charge in [-0.1, -0.05) is 48.9 Å². The summed E-state index contributed by atoms with van der Waals surface area (Å²) in [5, 5.41) is 1.91. The third kappa shape index (κ3) is 6.02. The van der Waals surface area contributed by atoms with E-state index in [2.05, 4.69) is 17.4 Å². The number of aryl methyl sites for hydroxylation is 1. The van der Waals surface area contributed by atoms with Crippen molar-refractivity contribution in [3.8, 4) is 11.5 Å². The summed E-state index contributed by atoms with van der Waals surface area (Å²) in [6.45, 7) is 0.506. The van der Waals surface area contributed by atoms with Crippen LogP contribution in [0.5, 0.6) is 11.5 Å². The third-order valence-electron chi connectivity index (χ3n) is 4.66. The molecule has 1 aliphatic heterocycles. The monoisotopic (exact) mass is 399 g/mol. The average Bonchev–Trinajstić information content (AvgIpc) is 3.04. The molecule has 1 unspecified atom stereocenters. The van der Waals surface area contributed by atoms with Gasteiger partial charge in [0, 0.05) is 0 Å². The van der Waals surface area contributed by atoms with Crippen molar-refractivity contribution in [1.29, 1.82) is 0 Å². The number of carbonyl (C=O) groups excluding carboxylic acids is 2.